The molecular weight excluding hydrogens is 362 g/mol. The number of nitrogens with zero attached hydrogens (tertiary/aromatic N) is 2. The van der Waals surface area contributed by atoms with Gasteiger partial charge in [0.1, 0.15) is 0 Å². The summed E-state index contributed by atoms with van der Waals surface area (Å²) in [6.45, 7) is 0. The summed E-state index contributed by atoms with van der Waals surface area (Å²) in [7, 11) is 1.95. The van der Waals surface area contributed by atoms with Crippen LogP contribution in [0.2, 0.25) is 4.34 Å². The zero-order valence-electron chi connectivity index (χ0n) is 13.0. The van der Waals surface area contributed by atoms with E-state index in [1.165, 1.54) is 23.1 Å². The molecule has 24 heavy (non-hydrogen) atoms. The number of nitrogens with one attached hydrogen (secondary N) is 1. The van der Waals surface area contributed by atoms with Gasteiger partial charge in [0.2, 0.25) is 5.91 Å². The highest BCUT2D eigenvalue weighted by atomic mass is 35.5. The molecule has 1 aromatic carbocycles. The Morgan fingerprint density at radius 2 is 2.17 bits per heavy atom. The molecule has 3 rings (SSSR count). The second-order valence-corrected chi connectivity index (χ2v) is 7.98. The number of carbonyl (C=O) groups is 1. The zero-order valence-corrected chi connectivity index (χ0v) is 15.4. The van der Waals surface area contributed by atoms with E-state index in [4.69, 9.17) is 11.6 Å². The van der Waals surface area contributed by atoms with Crippen molar-refractivity contribution in [2.24, 2.45) is 7.05 Å². The number of hydrogen-bond donors (Lipinski definition) is 1. The highest BCUT2D eigenvalue weighted by Gasteiger charge is 2.10. The number of hydrogen-bond acceptors (Lipinski definition) is 4. The standard InChI is InChI=1S/C17H16ClN3OS2/c1-21-11-10-19-17(21)24-14-5-3-2-4-13(14)20-16(22)9-7-12-6-8-15(18)23-12/h2-6,8,10-11H,7,9H2,1H3,(H,20,22). The van der Waals surface area contributed by atoms with Gasteiger partial charge >= 0.3 is 0 Å². The van der Waals surface area contributed by atoms with Crippen LogP contribution >= 0.6 is 34.7 Å². The van der Waals surface area contributed by atoms with Crippen LogP contribution in [0.5, 0.6) is 0 Å². The molecule has 0 aliphatic heterocycles. The van der Waals surface area contributed by atoms with Crippen molar-refractivity contribution in [3.05, 3.63) is 58.0 Å². The zero-order chi connectivity index (χ0) is 16.9. The van der Waals surface area contributed by atoms with E-state index in [0.29, 0.717) is 12.8 Å². The summed E-state index contributed by atoms with van der Waals surface area (Å²) < 4.78 is 2.70. The lowest BCUT2D eigenvalue weighted by Gasteiger charge is -2.10. The average molecular weight is 378 g/mol. The predicted molar refractivity (Wildman–Crippen MR) is 100 cm³/mol. The van der Waals surface area contributed by atoms with Gasteiger partial charge in [-0.15, -0.1) is 11.3 Å². The number of thiophene rings is 1. The first kappa shape index (κ1) is 17.1. The molecule has 2 heterocycles. The Bertz CT molecular complexity index is 844. The largest absolute Gasteiger partial charge is 0.329 e. The van der Waals surface area contributed by atoms with Crippen molar-refractivity contribution in [2.45, 2.75) is 22.9 Å². The third-order valence-electron chi connectivity index (χ3n) is 3.37. The van der Waals surface area contributed by atoms with E-state index in [2.05, 4.69) is 10.3 Å². The van der Waals surface area contributed by atoms with E-state index in [9.17, 15) is 4.79 Å². The number of anilines is 1. The van der Waals surface area contributed by atoms with Crippen LogP contribution in [0.1, 0.15) is 11.3 Å². The van der Waals surface area contributed by atoms with Crippen LogP contribution in [-0.4, -0.2) is 15.5 Å². The van der Waals surface area contributed by atoms with Crippen molar-refractivity contribution in [3.8, 4) is 0 Å². The van der Waals surface area contributed by atoms with E-state index >= 15 is 0 Å². The summed E-state index contributed by atoms with van der Waals surface area (Å²) in [6.07, 6.45) is 4.78. The number of para-hydroxylation sites is 1. The van der Waals surface area contributed by atoms with Gasteiger partial charge in [0.15, 0.2) is 5.16 Å². The first-order valence-electron chi connectivity index (χ1n) is 7.40. The summed E-state index contributed by atoms with van der Waals surface area (Å²) in [5.41, 5.74) is 0.805. The number of carbonyl (C=O) groups excluding carboxylic acids is 1. The third-order valence-corrected chi connectivity index (χ3v) is 5.81. The summed E-state index contributed by atoms with van der Waals surface area (Å²) in [5, 5.41) is 3.87. The van der Waals surface area contributed by atoms with Crippen molar-refractivity contribution in [2.75, 3.05) is 5.32 Å². The molecule has 1 amide bonds. The normalized spacial score (nSPS) is 10.8. The Hall–Kier alpha value is -1.76. The molecule has 0 saturated carbocycles. The number of amides is 1. The minimum absolute atomic E-state index is 0.00703. The van der Waals surface area contributed by atoms with Crippen LogP contribution in [0.4, 0.5) is 5.69 Å². The smallest absolute Gasteiger partial charge is 0.224 e. The SMILES string of the molecule is Cn1ccnc1Sc1ccccc1NC(=O)CCc1ccc(Cl)s1. The molecule has 0 atom stereocenters. The fraction of sp³-hybridized carbons (Fsp3) is 0.176. The minimum Gasteiger partial charge on any atom is -0.329 e. The van der Waals surface area contributed by atoms with E-state index < -0.39 is 0 Å². The number of rotatable bonds is 6. The van der Waals surface area contributed by atoms with Crippen molar-refractivity contribution in [1.82, 2.24) is 9.55 Å². The topological polar surface area (TPSA) is 46.9 Å². The molecule has 0 fully saturated rings. The van der Waals surface area contributed by atoms with Crippen molar-refractivity contribution >= 4 is 46.3 Å². The highest BCUT2D eigenvalue weighted by Crippen LogP contribution is 2.32. The van der Waals surface area contributed by atoms with Gasteiger partial charge < -0.3 is 9.88 Å². The Labute approximate surface area is 153 Å². The maximum Gasteiger partial charge on any atom is 0.224 e. The van der Waals surface area contributed by atoms with Crippen molar-refractivity contribution in [3.63, 3.8) is 0 Å². The molecule has 4 nitrogen and oxygen atoms in total. The summed E-state index contributed by atoms with van der Waals surface area (Å²) in [6, 6.07) is 11.6. The van der Waals surface area contributed by atoms with Gasteiger partial charge in [-0.05, 0) is 42.4 Å². The molecule has 2 aromatic heterocycles. The minimum atomic E-state index is -0.00703. The second-order valence-electron chi connectivity index (χ2n) is 5.17. The van der Waals surface area contributed by atoms with Crippen molar-refractivity contribution < 1.29 is 4.79 Å². The molecule has 0 saturated heterocycles. The first-order valence-corrected chi connectivity index (χ1v) is 9.41. The predicted octanol–water partition coefficient (Wildman–Crippen LogP) is 4.86. The Balaban J connectivity index is 1.64. The Morgan fingerprint density at radius 1 is 1.33 bits per heavy atom. The van der Waals surface area contributed by atoms with E-state index in [1.807, 2.05) is 54.2 Å². The van der Waals surface area contributed by atoms with Crippen LogP contribution in [0.25, 0.3) is 0 Å². The third kappa shape index (κ3) is 4.41. The van der Waals surface area contributed by atoms with Gasteiger partial charge in [0.05, 0.1) is 10.0 Å². The molecule has 3 aromatic rings. The molecule has 0 aliphatic rings. The van der Waals surface area contributed by atoms with Crippen molar-refractivity contribution in [1.29, 1.82) is 0 Å². The lowest BCUT2D eigenvalue weighted by Crippen LogP contribution is -2.12. The van der Waals surface area contributed by atoms with Crippen LogP contribution in [0, 0.1) is 0 Å². The molecule has 0 bridgehead atoms. The molecule has 0 aliphatic carbocycles. The Morgan fingerprint density at radius 3 is 2.88 bits per heavy atom. The lowest BCUT2D eigenvalue weighted by atomic mass is 10.2. The average Bonchev–Trinajstić information content (AvgIpc) is 3.16. The van der Waals surface area contributed by atoms with E-state index in [1.54, 1.807) is 6.20 Å². The fourth-order valence-corrected chi connectivity index (χ4v) is 4.12. The van der Waals surface area contributed by atoms with Gasteiger partial charge in [-0.3, -0.25) is 4.79 Å². The van der Waals surface area contributed by atoms with Crippen LogP contribution in [-0.2, 0) is 18.3 Å². The number of benzene rings is 1. The molecule has 124 valence electrons. The molecule has 0 radical (unpaired) electrons. The van der Waals surface area contributed by atoms with Crippen LogP contribution in [0.3, 0.4) is 0 Å². The summed E-state index contributed by atoms with van der Waals surface area (Å²) in [5.74, 6) is -0.00703. The van der Waals surface area contributed by atoms with Gasteiger partial charge in [-0.1, -0.05) is 23.7 Å². The van der Waals surface area contributed by atoms with Crippen LogP contribution < -0.4 is 5.32 Å². The van der Waals surface area contributed by atoms with Gasteiger partial charge in [0, 0.05) is 35.6 Å². The number of imidazole rings is 1. The van der Waals surface area contributed by atoms with Gasteiger partial charge in [-0.25, -0.2) is 4.98 Å². The maximum absolute atomic E-state index is 12.2. The van der Waals surface area contributed by atoms with E-state index in [-0.39, 0.29) is 5.91 Å². The second kappa shape index (κ2) is 7.88. The van der Waals surface area contributed by atoms with Crippen LogP contribution in [0.15, 0.2) is 58.8 Å². The summed E-state index contributed by atoms with van der Waals surface area (Å²) >= 11 is 8.96. The monoisotopic (exact) mass is 377 g/mol. The maximum atomic E-state index is 12.2. The lowest BCUT2D eigenvalue weighted by molar-refractivity contribution is -0.116. The van der Waals surface area contributed by atoms with Gasteiger partial charge in [-0.2, -0.15) is 0 Å². The quantitative estimate of drug-likeness (QED) is 0.667. The number of aromatic nitrogens is 2. The Kier molecular flexibility index (Phi) is 5.60. The number of aryl methyl sites for hydroxylation is 2. The van der Waals surface area contributed by atoms with Gasteiger partial charge in [0.25, 0.3) is 0 Å². The number of halogens is 1. The highest BCUT2D eigenvalue weighted by molar-refractivity contribution is 7.99. The summed E-state index contributed by atoms with van der Waals surface area (Å²) in [4.78, 5) is 18.6. The fourth-order valence-electron chi connectivity index (χ4n) is 2.14. The molecular formula is C17H16ClN3OS2. The first-order chi connectivity index (χ1) is 11.6. The molecule has 0 unspecified atom stereocenters. The molecule has 7 heteroatoms. The molecule has 0 spiro atoms. The molecule has 1 N–H and O–H groups in total. The van der Waals surface area contributed by atoms with E-state index in [0.717, 1.165) is 25.0 Å².